The summed E-state index contributed by atoms with van der Waals surface area (Å²) in [7, 11) is 0. The second-order valence-electron chi connectivity index (χ2n) is 6.76. The van der Waals surface area contributed by atoms with Crippen LogP contribution in [-0.4, -0.2) is 40.6 Å². The van der Waals surface area contributed by atoms with Crippen molar-refractivity contribution >= 4 is 24.4 Å². The molecule has 27 heavy (non-hydrogen) atoms. The van der Waals surface area contributed by atoms with E-state index >= 15 is 0 Å². The first-order chi connectivity index (χ1) is 12.7. The first-order valence-corrected chi connectivity index (χ1v) is 9.19. The number of aryl methyl sites for hydroxylation is 1. The fraction of sp³-hybridized carbons (Fsp3) is 0.450. The van der Waals surface area contributed by atoms with Crippen molar-refractivity contribution < 1.29 is 9.53 Å². The van der Waals surface area contributed by atoms with Crippen LogP contribution in [0.5, 0.6) is 0 Å². The average molecular weight is 391 g/mol. The summed E-state index contributed by atoms with van der Waals surface area (Å²) in [5.41, 5.74) is 2.23. The largest absolute Gasteiger partial charge is 0.445 e. The molecule has 1 aliphatic rings. The molecule has 0 bridgehead atoms. The highest BCUT2D eigenvalue weighted by atomic mass is 35.5. The van der Waals surface area contributed by atoms with Gasteiger partial charge in [0.2, 0.25) is 5.95 Å². The summed E-state index contributed by atoms with van der Waals surface area (Å²) in [6.45, 7) is 4.76. The number of nitrogens with zero attached hydrogens (tertiary/aromatic N) is 3. The second kappa shape index (κ2) is 10.7. The summed E-state index contributed by atoms with van der Waals surface area (Å²) in [5.74, 6) is 1.29. The summed E-state index contributed by atoms with van der Waals surface area (Å²) >= 11 is 0. The molecule has 0 atom stereocenters. The maximum Gasteiger partial charge on any atom is 0.410 e. The topological polar surface area (TPSA) is 67.3 Å². The number of hydrogen-bond acceptors (Lipinski definition) is 5. The van der Waals surface area contributed by atoms with Gasteiger partial charge in [-0.3, -0.25) is 0 Å². The summed E-state index contributed by atoms with van der Waals surface area (Å²) in [5, 5.41) is 3.24. The molecule has 0 radical (unpaired) electrons. The maximum absolute atomic E-state index is 12.2. The number of nitrogens with one attached hydrogen (secondary N) is 1. The number of halogens is 1. The molecule has 2 aromatic rings. The predicted molar refractivity (Wildman–Crippen MR) is 108 cm³/mol. The Hall–Kier alpha value is -2.34. The van der Waals surface area contributed by atoms with E-state index in [4.69, 9.17) is 4.74 Å². The number of aromatic nitrogens is 2. The third-order valence-corrected chi connectivity index (χ3v) is 4.76. The van der Waals surface area contributed by atoms with Gasteiger partial charge in [-0.15, -0.1) is 12.4 Å². The Morgan fingerprint density at radius 1 is 1.19 bits per heavy atom. The molecule has 1 aromatic carbocycles. The monoisotopic (exact) mass is 390 g/mol. The zero-order valence-corrected chi connectivity index (χ0v) is 16.5. The zero-order chi connectivity index (χ0) is 18.2. The molecule has 1 aliphatic heterocycles. The Balaban J connectivity index is 0.00000261. The maximum atomic E-state index is 12.2. The quantitative estimate of drug-likeness (QED) is 0.805. The highest BCUT2D eigenvalue weighted by Crippen LogP contribution is 2.21. The number of anilines is 1. The fourth-order valence-electron chi connectivity index (χ4n) is 3.10. The normalized spacial score (nSPS) is 14.3. The van der Waals surface area contributed by atoms with E-state index in [2.05, 4.69) is 15.3 Å². The molecule has 1 N–H and O–H groups in total. The van der Waals surface area contributed by atoms with Crippen LogP contribution < -0.4 is 5.32 Å². The number of rotatable bonds is 6. The lowest BCUT2D eigenvalue weighted by atomic mass is 9.94. The van der Waals surface area contributed by atoms with Crippen molar-refractivity contribution in [2.45, 2.75) is 32.8 Å². The lowest BCUT2D eigenvalue weighted by Gasteiger charge is -2.31. The Morgan fingerprint density at radius 2 is 1.85 bits per heavy atom. The second-order valence-corrected chi connectivity index (χ2v) is 6.76. The van der Waals surface area contributed by atoms with Crippen LogP contribution in [0.4, 0.5) is 10.7 Å². The van der Waals surface area contributed by atoms with Crippen molar-refractivity contribution in [3.05, 3.63) is 53.9 Å². The van der Waals surface area contributed by atoms with E-state index in [0.29, 0.717) is 18.5 Å². The van der Waals surface area contributed by atoms with Gasteiger partial charge in [-0.2, -0.15) is 0 Å². The first kappa shape index (κ1) is 21.0. The molecule has 3 rings (SSSR count). The van der Waals surface area contributed by atoms with E-state index < -0.39 is 0 Å². The van der Waals surface area contributed by atoms with Crippen LogP contribution in [0.3, 0.4) is 0 Å². The van der Waals surface area contributed by atoms with Crippen LogP contribution in [0, 0.1) is 12.8 Å². The van der Waals surface area contributed by atoms with E-state index in [1.165, 1.54) is 5.56 Å². The van der Waals surface area contributed by atoms with Crippen molar-refractivity contribution in [3.8, 4) is 0 Å². The number of hydrogen-bond donors (Lipinski definition) is 1. The molecule has 0 spiro atoms. The van der Waals surface area contributed by atoms with Crippen molar-refractivity contribution in [2.75, 3.05) is 25.0 Å². The van der Waals surface area contributed by atoms with Gasteiger partial charge in [0, 0.05) is 32.0 Å². The van der Waals surface area contributed by atoms with Crippen LogP contribution in [0.2, 0.25) is 0 Å². The summed E-state index contributed by atoms with van der Waals surface area (Å²) in [6, 6.07) is 9.86. The predicted octanol–water partition coefficient (Wildman–Crippen LogP) is 4.06. The van der Waals surface area contributed by atoms with Gasteiger partial charge in [-0.1, -0.05) is 29.8 Å². The van der Waals surface area contributed by atoms with Crippen LogP contribution >= 0.6 is 12.4 Å². The molecule has 0 aliphatic carbocycles. The van der Waals surface area contributed by atoms with Crippen molar-refractivity contribution in [1.29, 1.82) is 0 Å². The minimum Gasteiger partial charge on any atom is -0.445 e. The van der Waals surface area contributed by atoms with Gasteiger partial charge in [0.05, 0.1) is 0 Å². The van der Waals surface area contributed by atoms with Gasteiger partial charge in [0.1, 0.15) is 6.61 Å². The smallest absolute Gasteiger partial charge is 0.410 e. The molecule has 1 amide bonds. The minimum absolute atomic E-state index is 0. The number of carbonyl (C=O) groups is 1. The molecule has 0 saturated carbocycles. The highest BCUT2D eigenvalue weighted by molar-refractivity contribution is 5.85. The van der Waals surface area contributed by atoms with Gasteiger partial charge in [-0.05, 0) is 43.7 Å². The molecule has 0 unspecified atom stereocenters. The molecular weight excluding hydrogens is 364 g/mol. The van der Waals surface area contributed by atoms with E-state index in [9.17, 15) is 4.79 Å². The standard InChI is InChI=1S/C20H26N4O2.ClH/c1-16-3-5-18(6-4-16)15-26-20(25)24-13-8-17(9-14-24)7-12-23-19-21-10-2-11-22-19;/h2-6,10-11,17H,7-9,12-15H2,1H3,(H,21,22,23);1H. The summed E-state index contributed by atoms with van der Waals surface area (Å²) in [6.07, 6.45) is 6.34. The minimum atomic E-state index is -0.208. The number of carbonyl (C=O) groups excluding carboxylic acids is 1. The van der Waals surface area contributed by atoms with Crippen LogP contribution in [0.1, 0.15) is 30.4 Å². The zero-order valence-electron chi connectivity index (χ0n) is 15.6. The van der Waals surface area contributed by atoms with Crippen molar-refractivity contribution in [2.24, 2.45) is 5.92 Å². The summed E-state index contributed by atoms with van der Waals surface area (Å²) < 4.78 is 5.44. The molecule has 1 aromatic heterocycles. The van der Waals surface area contributed by atoms with E-state index in [1.54, 1.807) is 18.5 Å². The van der Waals surface area contributed by atoms with Gasteiger partial charge >= 0.3 is 6.09 Å². The van der Waals surface area contributed by atoms with Gasteiger partial charge in [-0.25, -0.2) is 14.8 Å². The molecule has 146 valence electrons. The Morgan fingerprint density at radius 3 is 2.52 bits per heavy atom. The lowest BCUT2D eigenvalue weighted by Crippen LogP contribution is -2.39. The summed E-state index contributed by atoms with van der Waals surface area (Å²) in [4.78, 5) is 22.3. The Kier molecular flexibility index (Phi) is 8.33. The SMILES string of the molecule is Cc1ccc(COC(=O)N2CCC(CCNc3ncccn3)CC2)cc1.Cl. The van der Waals surface area contributed by atoms with Gasteiger partial charge in [0.15, 0.2) is 0 Å². The Bertz CT molecular complexity index is 689. The van der Waals surface area contributed by atoms with Crippen molar-refractivity contribution in [3.63, 3.8) is 0 Å². The third-order valence-electron chi connectivity index (χ3n) is 4.76. The molecule has 6 nitrogen and oxygen atoms in total. The lowest BCUT2D eigenvalue weighted by molar-refractivity contribution is 0.0818. The molecule has 1 saturated heterocycles. The van der Waals surface area contributed by atoms with Gasteiger partial charge in [0.25, 0.3) is 0 Å². The molecule has 7 heteroatoms. The number of likely N-dealkylation sites (tertiary alicyclic amines) is 1. The number of piperidine rings is 1. The third kappa shape index (κ3) is 6.71. The van der Waals surface area contributed by atoms with E-state index in [1.807, 2.05) is 36.1 Å². The van der Waals surface area contributed by atoms with E-state index in [-0.39, 0.29) is 18.5 Å². The molecular formula is C20H27ClN4O2. The molecule has 1 fully saturated rings. The number of amides is 1. The van der Waals surface area contributed by atoms with Crippen molar-refractivity contribution in [1.82, 2.24) is 14.9 Å². The molecule has 2 heterocycles. The van der Waals surface area contributed by atoms with Crippen LogP contribution in [-0.2, 0) is 11.3 Å². The average Bonchev–Trinajstić information content (AvgIpc) is 2.69. The van der Waals surface area contributed by atoms with E-state index in [0.717, 1.165) is 44.5 Å². The fourth-order valence-corrected chi connectivity index (χ4v) is 3.10. The van der Waals surface area contributed by atoms with Crippen LogP contribution in [0.15, 0.2) is 42.7 Å². The Labute approximate surface area is 166 Å². The first-order valence-electron chi connectivity index (χ1n) is 9.19. The number of ether oxygens (including phenoxy) is 1. The van der Waals surface area contributed by atoms with Gasteiger partial charge < -0.3 is 15.0 Å². The number of benzene rings is 1. The van der Waals surface area contributed by atoms with Crippen LogP contribution in [0.25, 0.3) is 0 Å². The highest BCUT2D eigenvalue weighted by Gasteiger charge is 2.23.